The maximum atomic E-state index is 13.1. The fourth-order valence-electron chi connectivity index (χ4n) is 3.29. The molecule has 2 aromatic carbocycles. The summed E-state index contributed by atoms with van der Waals surface area (Å²) in [6.07, 6.45) is -0.239. The molecule has 6 heteroatoms. The predicted molar refractivity (Wildman–Crippen MR) is 100 cm³/mol. The van der Waals surface area contributed by atoms with Crippen molar-refractivity contribution < 1.29 is 4.79 Å². The number of likely N-dealkylation sites (N-methyl/N-ethyl adjacent to an activating group) is 1. The quantitative estimate of drug-likeness (QED) is 0.725. The van der Waals surface area contributed by atoms with Crippen molar-refractivity contribution in [3.63, 3.8) is 0 Å². The van der Waals surface area contributed by atoms with E-state index in [0.29, 0.717) is 16.5 Å². The standard InChI is InChI=1S/C19H18N4OS/c1-23-17(13-10-6-3-7-11-13)21-16-14(18(23)24)15(20-19(25)22-16)12-8-4-2-5-9-12/h2-11,15,17,21H,1H3,(H2,20,22,25). The molecule has 0 saturated heterocycles. The molecule has 1 amide bonds. The molecule has 0 radical (unpaired) electrons. The highest BCUT2D eigenvalue weighted by molar-refractivity contribution is 7.80. The summed E-state index contributed by atoms with van der Waals surface area (Å²) >= 11 is 5.35. The van der Waals surface area contributed by atoms with Crippen molar-refractivity contribution in [3.8, 4) is 0 Å². The fraction of sp³-hybridized carbons (Fsp3) is 0.158. The summed E-state index contributed by atoms with van der Waals surface area (Å²) in [5.41, 5.74) is 2.67. The Morgan fingerprint density at radius 1 is 0.920 bits per heavy atom. The first kappa shape index (κ1) is 15.7. The van der Waals surface area contributed by atoms with Crippen LogP contribution in [0.25, 0.3) is 0 Å². The van der Waals surface area contributed by atoms with Crippen LogP contribution in [0.3, 0.4) is 0 Å². The van der Waals surface area contributed by atoms with Crippen molar-refractivity contribution in [2.45, 2.75) is 12.2 Å². The Morgan fingerprint density at radius 3 is 2.16 bits per heavy atom. The van der Waals surface area contributed by atoms with E-state index >= 15 is 0 Å². The second-order valence-corrected chi connectivity index (χ2v) is 6.51. The number of nitrogens with zero attached hydrogens (tertiary/aromatic N) is 1. The van der Waals surface area contributed by atoms with Gasteiger partial charge in [-0.3, -0.25) is 4.79 Å². The molecule has 0 spiro atoms. The van der Waals surface area contributed by atoms with Gasteiger partial charge in [-0.2, -0.15) is 0 Å². The maximum Gasteiger partial charge on any atom is 0.257 e. The summed E-state index contributed by atoms with van der Waals surface area (Å²) in [6, 6.07) is 19.5. The van der Waals surface area contributed by atoms with Gasteiger partial charge in [0.15, 0.2) is 5.11 Å². The minimum Gasteiger partial charge on any atom is -0.351 e. The third kappa shape index (κ3) is 2.74. The lowest BCUT2D eigenvalue weighted by Gasteiger charge is -2.42. The second-order valence-electron chi connectivity index (χ2n) is 6.10. The average Bonchev–Trinajstić information content (AvgIpc) is 2.65. The number of hydrogen-bond donors (Lipinski definition) is 3. The number of thiocarbonyl (C=S) groups is 1. The minimum atomic E-state index is -0.274. The molecule has 0 saturated carbocycles. The number of rotatable bonds is 2. The van der Waals surface area contributed by atoms with E-state index in [9.17, 15) is 4.79 Å². The third-order valence-electron chi connectivity index (χ3n) is 4.54. The van der Waals surface area contributed by atoms with Crippen LogP contribution in [0.1, 0.15) is 23.3 Å². The zero-order chi connectivity index (χ0) is 17.4. The Kier molecular flexibility index (Phi) is 3.89. The van der Waals surface area contributed by atoms with Crippen LogP contribution in [-0.2, 0) is 4.79 Å². The van der Waals surface area contributed by atoms with Crippen LogP contribution in [0.2, 0.25) is 0 Å². The van der Waals surface area contributed by atoms with Crippen LogP contribution in [0.4, 0.5) is 0 Å². The lowest BCUT2D eigenvalue weighted by atomic mass is 9.94. The molecule has 2 aromatic rings. The van der Waals surface area contributed by atoms with Crippen LogP contribution in [0, 0.1) is 0 Å². The van der Waals surface area contributed by atoms with Gasteiger partial charge in [0.05, 0.1) is 11.6 Å². The van der Waals surface area contributed by atoms with E-state index in [0.717, 1.165) is 11.1 Å². The van der Waals surface area contributed by atoms with Crippen molar-refractivity contribution in [1.29, 1.82) is 0 Å². The molecular weight excluding hydrogens is 332 g/mol. The number of benzene rings is 2. The van der Waals surface area contributed by atoms with Gasteiger partial charge in [-0.25, -0.2) is 0 Å². The summed E-state index contributed by atoms with van der Waals surface area (Å²) in [6.45, 7) is 0. The van der Waals surface area contributed by atoms with E-state index in [1.165, 1.54) is 0 Å². The summed E-state index contributed by atoms with van der Waals surface area (Å²) < 4.78 is 0. The summed E-state index contributed by atoms with van der Waals surface area (Å²) in [5, 5.41) is 10.3. The summed E-state index contributed by atoms with van der Waals surface area (Å²) in [5.74, 6) is 0.647. The van der Waals surface area contributed by atoms with Crippen LogP contribution < -0.4 is 16.0 Å². The van der Waals surface area contributed by atoms with Crippen molar-refractivity contribution in [1.82, 2.24) is 20.9 Å². The van der Waals surface area contributed by atoms with Gasteiger partial charge in [0.2, 0.25) is 0 Å². The van der Waals surface area contributed by atoms with E-state index in [1.54, 1.807) is 4.90 Å². The first-order valence-electron chi connectivity index (χ1n) is 8.10. The monoisotopic (exact) mass is 350 g/mol. The molecule has 25 heavy (non-hydrogen) atoms. The molecule has 0 aromatic heterocycles. The van der Waals surface area contributed by atoms with E-state index in [1.807, 2.05) is 67.7 Å². The molecular formula is C19H18N4OS. The Morgan fingerprint density at radius 2 is 1.52 bits per heavy atom. The molecule has 0 fully saturated rings. The molecule has 2 aliphatic rings. The highest BCUT2D eigenvalue weighted by atomic mass is 32.1. The van der Waals surface area contributed by atoms with Gasteiger partial charge in [0, 0.05) is 7.05 Å². The summed E-state index contributed by atoms with van der Waals surface area (Å²) in [4.78, 5) is 14.9. The highest BCUT2D eigenvalue weighted by Crippen LogP contribution is 2.33. The number of amides is 1. The Labute approximate surface area is 151 Å². The SMILES string of the molecule is CN1C(=O)C2=C(NC(=S)NC2c2ccccc2)NC1c1ccccc1. The van der Waals surface area contributed by atoms with Gasteiger partial charge in [0.25, 0.3) is 5.91 Å². The van der Waals surface area contributed by atoms with Gasteiger partial charge in [-0.15, -0.1) is 0 Å². The topological polar surface area (TPSA) is 56.4 Å². The van der Waals surface area contributed by atoms with Crippen molar-refractivity contribution in [3.05, 3.63) is 83.2 Å². The molecule has 2 aliphatic heterocycles. The van der Waals surface area contributed by atoms with Crippen molar-refractivity contribution >= 4 is 23.2 Å². The van der Waals surface area contributed by atoms with E-state index in [2.05, 4.69) is 16.0 Å². The lowest BCUT2D eigenvalue weighted by Crippen LogP contribution is -2.56. The van der Waals surface area contributed by atoms with Crippen LogP contribution in [0.15, 0.2) is 72.1 Å². The van der Waals surface area contributed by atoms with E-state index in [4.69, 9.17) is 12.2 Å². The summed E-state index contributed by atoms with van der Waals surface area (Å²) in [7, 11) is 1.81. The fourth-order valence-corrected chi connectivity index (χ4v) is 3.51. The Balaban J connectivity index is 1.77. The average molecular weight is 350 g/mol. The molecule has 2 atom stereocenters. The van der Waals surface area contributed by atoms with Gasteiger partial charge >= 0.3 is 0 Å². The Hall–Kier alpha value is -2.86. The molecule has 126 valence electrons. The lowest BCUT2D eigenvalue weighted by molar-refractivity contribution is -0.130. The maximum absolute atomic E-state index is 13.1. The van der Waals surface area contributed by atoms with Gasteiger partial charge in [-0.05, 0) is 23.3 Å². The first-order valence-corrected chi connectivity index (χ1v) is 8.51. The molecule has 4 rings (SSSR count). The molecule has 2 heterocycles. The zero-order valence-corrected chi connectivity index (χ0v) is 14.5. The first-order chi connectivity index (χ1) is 12.1. The van der Waals surface area contributed by atoms with Crippen LogP contribution in [0.5, 0.6) is 0 Å². The molecule has 2 unspecified atom stereocenters. The molecule has 0 bridgehead atoms. The van der Waals surface area contributed by atoms with Crippen LogP contribution in [-0.4, -0.2) is 23.0 Å². The van der Waals surface area contributed by atoms with Gasteiger partial charge in [-0.1, -0.05) is 60.7 Å². The van der Waals surface area contributed by atoms with Crippen molar-refractivity contribution in [2.75, 3.05) is 7.05 Å². The van der Waals surface area contributed by atoms with Gasteiger partial charge < -0.3 is 20.9 Å². The number of hydrogen-bond acceptors (Lipinski definition) is 3. The smallest absolute Gasteiger partial charge is 0.257 e. The Bertz CT molecular complexity index is 850. The molecule has 5 nitrogen and oxygen atoms in total. The normalized spacial score (nSPS) is 22.7. The molecule has 3 N–H and O–H groups in total. The van der Waals surface area contributed by atoms with Crippen LogP contribution >= 0.6 is 12.2 Å². The highest BCUT2D eigenvalue weighted by Gasteiger charge is 2.39. The van der Waals surface area contributed by atoms with Gasteiger partial charge in [0.1, 0.15) is 12.0 Å². The minimum absolute atomic E-state index is 0.0287. The molecule has 0 aliphatic carbocycles. The largest absolute Gasteiger partial charge is 0.351 e. The number of nitrogens with one attached hydrogen (secondary N) is 3. The van der Waals surface area contributed by atoms with E-state index in [-0.39, 0.29) is 18.1 Å². The second kappa shape index (κ2) is 6.22. The third-order valence-corrected chi connectivity index (χ3v) is 4.76. The zero-order valence-electron chi connectivity index (χ0n) is 13.7. The predicted octanol–water partition coefficient (Wildman–Crippen LogP) is 2.18. The number of carbonyl (C=O) groups is 1. The van der Waals surface area contributed by atoms with E-state index < -0.39 is 0 Å². The van der Waals surface area contributed by atoms with Crippen molar-refractivity contribution in [2.24, 2.45) is 0 Å². The number of carbonyl (C=O) groups excluding carboxylic acids is 1.